The van der Waals surface area contributed by atoms with Crippen LogP contribution in [0.3, 0.4) is 0 Å². The van der Waals surface area contributed by atoms with Crippen molar-refractivity contribution in [3.8, 4) is 5.75 Å². The molecule has 0 aromatic heterocycles. The van der Waals surface area contributed by atoms with E-state index in [-0.39, 0.29) is 6.03 Å². The van der Waals surface area contributed by atoms with Gasteiger partial charge in [0.15, 0.2) is 0 Å². The van der Waals surface area contributed by atoms with E-state index in [2.05, 4.69) is 55.3 Å². The number of piperidine rings is 2. The smallest absolute Gasteiger partial charge is 0.321 e. The van der Waals surface area contributed by atoms with Crippen LogP contribution in [0.5, 0.6) is 5.75 Å². The molecule has 0 saturated carbocycles. The van der Waals surface area contributed by atoms with Crippen LogP contribution in [0.1, 0.15) is 32.1 Å². The van der Waals surface area contributed by atoms with Crippen LogP contribution in [0.4, 0.5) is 16.2 Å². The summed E-state index contributed by atoms with van der Waals surface area (Å²) in [4.78, 5) is 19.6. The molecular formula is C27H35BrN4O2. The second kappa shape index (κ2) is 11.0. The molecule has 0 aliphatic carbocycles. The molecule has 34 heavy (non-hydrogen) atoms. The van der Waals surface area contributed by atoms with Gasteiger partial charge in [0.05, 0.1) is 6.61 Å². The molecule has 2 aromatic carbocycles. The molecule has 1 N–H and O–H groups in total. The van der Waals surface area contributed by atoms with E-state index in [4.69, 9.17) is 4.74 Å². The molecule has 3 aliphatic heterocycles. The van der Waals surface area contributed by atoms with Gasteiger partial charge in [-0.15, -0.1) is 0 Å². The Balaban J connectivity index is 1.08. The maximum atomic E-state index is 12.8. The SMILES string of the molecule is O=C(Nc1ccc(OC[C@@H]2CCCN3CCCC[C@H]23)cc1)N1CCN(c2ccc(Br)cc2)CC1. The van der Waals surface area contributed by atoms with Crippen LogP contribution in [0.15, 0.2) is 53.0 Å². The third-order valence-electron chi connectivity index (χ3n) is 7.56. The van der Waals surface area contributed by atoms with E-state index in [1.54, 1.807) is 0 Å². The maximum Gasteiger partial charge on any atom is 0.321 e. The first-order valence-corrected chi connectivity index (χ1v) is 13.5. The third kappa shape index (κ3) is 5.69. The van der Waals surface area contributed by atoms with E-state index in [9.17, 15) is 4.79 Å². The number of carbonyl (C=O) groups excluding carboxylic acids is 1. The van der Waals surface area contributed by atoms with E-state index in [1.165, 1.54) is 50.9 Å². The first-order chi connectivity index (χ1) is 16.7. The normalized spacial score (nSPS) is 23.3. The standard InChI is InChI=1S/C27H35BrN4O2/c28-22-6-10-24(11-7-22)30-16-18-32(19-17-30)27(33)29-23-8-12-25(13-9-23)34-20-21-4-3-15-31-14-2-1-5-26(21)31/h6-13,21,26H,1-5,14-20H2,(H,29,33)/t21-,26+/m0/s1. The Morgan fingerprint density at radius 2 is 1.62 bits per heavy atom. The quantitative estimate of drug-likeness (QED) is 0.562. The number of anilines is 2. The van der Waals surface area contributed by atoms with E-state index in [0.717, 1.165) is 35.6 Å². The highest BCUT2D eigenvalue weighted by Crippen LogP contribution is 2.31. The predicted octanol–water partition coefficient (Wildman–Crippen LogP) is 5.45. The number of amides is 2. The van der Waals surface area contributed by atoms with Gasteiger partial charge < -0.3 is 19.9 Å². The Bertz CT molecular complexity index is 942. The molecule has 7 heteroatoms. The zero-order chi connectivity index (χ0) is 23.3. The van der Waals surface area contributed by atoms with Gasteiger partial charge in [0.1, 0.15) is 5.75 Å². The largest absolute Gasteiger partial charge is 0.493 e. The molecule has 3 aliphatic rings. The van der Waals surface area contributed by atoms with Crippen LogP contribution in [-0.4, -0.2) is 67.7 Å². The molecule has 5 rings (SSSR count). The van der Waals surface area contributed by atoms with Crippen molar-refractivity contribution in [1.82, 2.24) is 9.80 Å². The van der Waals surface area contributed by atoms with Gasteiger partial charge in [-0.25, -0.2) is 4.79 Å². The fourth-order valence-electron chi connectivity index (χ4n) is 5.63. The highest BCUT2D eigenvalue weighted by Gasteiger charge is 2.33. The number of nitrogens with one attached hydrogen (secondary N) is 1. The summed E-state index contributed by atoms with van der Waals surface area (Å²) < 4.78 is 7.25. The number of hydrogen-bond donors (Lipinski definition) is 1. The lowest BCUT2D eigenvalue weighted by Crippen LogP contribution is -2.50. The minimum absolute atomic E-state index is 0.0382. The summed E-state index contributed by atoms with van der Waals surface area (Å²) in [5.41, 5.74) is 2.01. The van der Waals surface area contributed by atoms with E-state index < -0.39 is 0 Å². The van der Waals surface area contributed by atoms with Gasteiger partial charge in [-0.05, 0) is 87.3 Å². The lowest BCUT2D eigenvalue weighted by atomic mass is 9.84. The minimum atomic E-state index is -0.0382. The summed E-state index contributed by atoms with van der Waals surface area (Å²) in [5, 5.41) is 3.04. The lowest BCUT2D eigenvalue weighted by Gasteiger charge is -2.44. The molecule has 3 fully saturated rings. The summed E-state index contributed by atoms with van der Waals surface area (Å²) in [6.45, 7) is 6.40. The number of halogens is 1. The monoisotopic (exact) mass is 526 g/mol. The van der Waals surface area contributed by atoms with E-state index in [0.29, 0.717) is 25.0 Å². The summed E-state index contributed by atoms with van der Waals surface area (Å²) in [5.74, 6) is 1.51. The predicted molar refractivity (Wildman–Crippen MR) is 141 cm³/mol. The fraction of sp³-hybridized carbons (Fsp3) is 0.519. The molecule has 0 unspecified atom stereocenters. The zero-order valence-electron chi connectivity index (χ0n) is 19.8. The number of benzene rings is 2. The molecule has 0 spiro atoms. The van der Waals surface area contributed by atoms with Gasteiger partial charge in [-0.1, -0.05) is 22.4 Å². The van der Waals surface area contributed by atoms with Gasteiger partial charge in [0.2, 0.25) is 0 Å². The number of piperazine rings is 1. The fourth-order valence-corrected chi connectivity index (χ4v) is 5.90. The number of urea groups is 1. The highest BCUT2D eigenvalue weighted by atomic mass is 79.9. The number of nitrogens with zero attached hydrogens (tertiary/aromatic N) is 3. The van der Waals surface area contributed by atoms with Crippen molar-refractivity contribution in [2.75, 3.05) is 56.1 Å². The molecule has 2 aromatic rings. The summed E-state index contributed by atoms with van der Waals surface area (Å²) in [6.07, 6.45) is 6.57. The summed E-state index contributed by atoms with van der Waals surface area (Å²) in [6, 6.07) is 16.8. The lowest BCUT2D eigenvalue weighted by molar-refractivity contribution is 0.0366. The second-order valence-electron chi connectivity index (χ2n) is 9.72. The number of ether oxygens (including phenoxy) is 1. The van der Waals surface area contributed by atoms with Crippen LogP contribution >= 0.6 is 15.9 Å². The van der Waals surface area contributed by atoms with Crippen molar-refractivity contribution in [3.05, 3.63) is 53.0 Å². The molecule has 2 atom stereocenters. The first-order valence-electron chi connectivity index (χ1n) is 12.7. The van der Waals surface area contributed by atoms with Gasteiger partial charge in [-0.2, -0.15) is 0 Å². The maximum absolute atomic E-state index is 12.8. The Hall–Kier alpha value is -2.25. The average molecular weight is 528 g/mol. The van der Waals surface area contributed by atoms with Gasteiger partial charge in [-0.3, -0.25) is 4.90 Å². The Labute approximate surface area is 211 Å². The Morgan fingerprint density at radius 3 is 2.38 bits per heavy atom. The first kappa shape index (κ1) is 23.5. The highest BCUT2D eigenvalue weighted by molar-refractivity contribution is 9.10. The van der Waals surface area contributed by atoms with E-state index >= 15 is 0 Å². The van der Waals surface area contributed by atoms with Crippen LogP contribution in [-0.2, 0) is 0 Å². The van der Waals surface area contributed by atoms with Crippen molar-refractivity contribution in [2.24, 2.45) is 5.92 Å². The van der Waals surface area contributed by atoms with Crippen LogP contribution in [0.25, 0.3) is 0 Å². The summed E-state index contributed by atoms with van der Waals surface area (Å²) in [7, 11) is 0. The topological polar surface area (TPSA) is 48.1 Å². The van der Waals surface area contributed by atoms with Crippen molar-refractivity contribution in [3.63, 3.8) is 0 Å². The molecule has 2 amide bonds. The van der Waals surface area contributed by atoms with Gasteiger partial charge >= 0.3 is 6.03 Å². The number of carbonyl (C=O) groups is 1. The molecule has 0 radical (unpaired) electrons. The van der Waals surface area contributed by atoms with Crippen molar-refractivity contribution in [2.45, 2.75) is 38.1 Å². The van der Waals surface area contributed by atoms with Crippen molar-refractivity contribution < 1.29 is 9.53 Å². The average Bonchev–Trinajstić information content (AvgIpc) is 2.89. The molecule has 3 heterocycles. The number of rotatable bonds is 5. The second-order valence-corrected chi connectivity index (χ2v) is 10.6. The molecule has 182 valence electrons. The minimum Gasteiger partial charge on any atom is -0.493 e. The van der Waals surface area contributed by atoms with Crippen LogP contribution in [0.2, 0.25) is 0 Å². The molecule has 3 saturated heterocycles. The van der Waals surface area contributed by atoms with Gasteiger partial charge in [0.25, 0.3) is 0 Å². The molecular weight excluding hydrogens is 492 g/mol. The molecule has 0 bridgehead atoms. The summed E-state index contributed by atoms with van der Waals surface area (Å²) >= 11 is 3.48. The molecule has 6 nitrogen and oxygen atoms in total. The van der Waals surface area contributed by atoms with Crippen molar-refractivity contribution >= 4 is 33.3 Å². The number of fused-ring (bicyclic) bond motifs is 1. The Morgan fingerprint density at radius 1 is 0.882 bits per heavy atom. The Kier molecular flexibility index (Phi) is 7.60. The van der Waals surface area contributed by atoms with E-state index in [1.807, 2.05) is 29.2 Å². The van der Waals surface area contributed by atoms with Gasteiger partial charge in [0, 0.05) is 54.0 Å². The van der Waals surface area contributed by atoms with Crippen molar-refractivity contribution in [1.29, 1.82) is 0 Å². The zero-order valence-corrected chi connectivity index (χ0v) is 21.4. The number of hydrogen-bond acceptors (Lipinski definition) is 4. The van der Waals surface area contributed by atoms with Crippen LogP contribution in [0, 0.1) is 5.92 Å². The van der Waals surface area contributed by atoms with Crippen LogP contribution < -0.4 is 15.0 Å². The third-order valence-corrected chi connectivity index (χ3v) is 8.09.